The minimum Gasteiger partial charge on any atom is -0.497 e. The number of rotatable bonds is 2. The molecule has 0 unspecified atom stereocenters. The lowest BCUT2D eigenvalue weighted by Crippen LogP contribution is -2.20. The highest BCUT2D eigenvalue weighted by Gasteiger charge is 2.27. The third-order valence-electron chi connectivity index (χ3n) is 3.37. The van der Waals surface area contributed by atoms with E-state index in [-0.39, 0.29) is 11.9 Å². The topological polar surface area (TPSA) is 35.5 Å². The molecule has 1 aliphatic heterocycles. The number of ketones is 1. The van der Waals surface area contributed by atoms with Crippen LogP contribution in [0.4, 0.5) is 0 Å². The summed E-state index contributed by atoms with van der Waals surface area (Å²) in [4.78, 5) is 12.2. The van der Waals surface area contributed by atoms with Crippen LogP contribution in [0, 0.1) is 3.57 Å². The van der Waals surface area contributed by atoms with Crippen molar-refractivity contribution in [1.82, 2.24) is 0 Å². The minimum absolute atomic E-state index is 0.128. The van der Waals surface area contributed by atoms with Crippen molar-refractivity contribution in [2.24, 2.45) is 0 Å². The van der Waals surface area contributed by atoms with Gasteiger partial charge in [0.25, 0.3) is 0 Å². The van der Waals surface area contributed by atoms with E-state index in [9.17, 15) is 4.79 Å². The maximum absolute atomic E-state index is 12.2. The Labute approximate surface area is 131 Å². The molecule has 4 heteroatoms. The second-order valence-corrected chi connectivity index (χ2v) is 5.89. The van der Waals surface area contributed by atoms with E-state index in [4.69, 9.17) is 9.47 Å². The van der Waals surface area contributed by atoms with Gasteiger partial charge in [-0.2, -0.15) is 0 Å². The van der Waals surface area contributed by atoms with Crippen molar-refractivity contribution in [3.05, 3.63) is 57.2 Å². The van der Waals surface area contributed by atoms with Gasteiger partial charge in [0.15, 0.2) is 5.78 Å². The highest BCUT2D eigenvalue weighted by atomic mass is 127. The zero-order chi connectivity index (χ0) is 14.1. The van der Waals surface area contributed by atoms with Gasteiger partial charge in [-0.15, -0.1) is 0 Å². The van der Waals surface area contributed by atoms with Crippen molar-refractivity contribution in [1.29, 1.82) is 0 Å². The Hall–Kier alpha value is -1.56. The Kier molecular flexibility index (Phi) is 3.65. The number of halogens is 1. The molecule has 1 heterocycles. The lowest BCUT2D eigenvalue weighted by molar-refractivity contribution is 0.0850. The molecule has 102 valence electrons. The minimum atomic E-state index is -0.223. The number of benzene rings is 2. The average molecular weight is 380 g/mol. The van der Waals surface area contributed by atoms with Gasteiger partial charge in [0.05, 0.1) is 19.1 Å². The van der Waals surface area contributed by atoms with E-state index >= 15 is 0 Å². The van der Waals surface area contributed by atoms with E-state index < -0.39 is 0 Å². The van der Waals surface area contributed by atoms with E-state index in [1.54, 1.807) is 7.11 Å². The molecule has 0 saturated carbocycles. The largest absolute Gasteiger partial charge is 0.497 e. The molecule has 0 bridgehead atoms. The fourth-order valence-electron chi connectivity index (χ4n) is 2.30. The highest BCUT2D eigenvalue weighted by Crippen LogP contribution is 2.36. The third-order valence-corrected chi connectivity index (χ3v) is 4.04. The van der Waals surface area contributed by atoms with Crippen molar-refractivity contribution < 1.29 is 14.3 Å². The first kappa shape index (κ1) is 13.4. The molecular formula is C16H13IO3. The van der Waals surface area contributed by atoms with Crippen molar-refractivity contribution in [3.8, 4) is 11.5 Å². The molecule has 0 radical (unpaired) electrons. The van der Waals surface area contributed by atoms with Crippen molar-refractivity contribution in [3.63, 3.8) is 0 Å². The SMILES string of the molecule is COc1ccc([C@H]2CC(=O)c3ccc(I)cc3O2)cc1. The number of hydrogen-bond donors (Lipinski definition) is 0. The summed E-state index contributed by atoms with van der Waals surface area (Å²) in [5.41, 5.74) is 1.67. The van der Waals surface area contributed by atoms with E-state index in [0.717, 1.165) is 14.9 Å². The van der Waals surface area contributed by atoms with Crippen LogP contribution >= 0.6 is 22.6 Å². The van der Waals surface area contributed by atoms with Crippen LogP contribution in [0.25, 0.3) is 0 Å². The molecule has 0 fully saturated rings. The van der Waals surface area contributed by atoms with Gasteiger partial charge < -0.3 is 9.47 Å². The Morgan fingerprint density at radius 3 is 2.65 bits per heavy atom. The molecule has 0 aromatic heterocycles. The Morgan fingerprint density at radius 1 is 1.20 bits per heavy atom. The molecule has 2 aromatic carbocycles. The third kappa shape index (κ3) is 2.52. The number of hydrogen-bond acceptors (Lipinski definition) is 3. The summed E-state index contributed by atoms with van der Waals surface area (Å²) in [6.45, 7) is 0. The lowest BCUT2D eigenvalue weighted by atomic mass is 9.96. The van der Waals surface area contributed by atoms with Gasteiger partial charge in [-0.1, -0.05) is 12.1 Å². The summed E-state index contributed by atoms with van der Waals surface area (Å²) >= 11 is 2.22. The Bertz CT molecular complexity index is 649. The zero-order valence-electron chi connectivity index (χ0n) is 10.9. The van der Waals surface area contributed by atoms with Crippen LogP contribution in [0.5, 0.6) is 11.5 Å². The molecule has 0 amide bonds. The lowest BCUT2D eigenvalue weighted by Gasteiger charge is -2.25. The van der Waals surface area contributed by atoms with E-state index in [2.05, 4.69) is 22.6 Å². The number of carbonyl (C=O) groups is 1. The van der Waals surface area contributed by atoms with Crippen molar-refractivity contribution in [2.75, 3.05) is 7.11 Å². The molecule has 1 aliphatic rings. The molecule has 20 heavy (non-hydrogen) atoms. The summed E-state index contributed by atoms with van der Waals surface area (Å²) in [7, 11) is 1.63. The number of Topliss-reactive ketones (excluding diaryl/α,β-unsaturated/α-hetero) is 1. The van der Waals surface area contributed by atoms with Crippen LogP contribution < -0.4 is 9.47 Å². The molecule has 3 nitrogen and oxygen atoms in total. The Morgan fingerprint density at radius 2 is 1.95 bits per heavy atom. The Balaban J connectivity index is 1.91. The number of ether oxygens (including phenoxy) is 2. The molecule has 3 rings (SSSR count). The van der Waals surface area contributed by atoms with E-state index in [0.29, 0.717) is 17.7 Å². The normalized spacial score (nSPS) is 17.3. The van der Waals surface area contributed by atoms with Crippen LogP contribution in [0.15, 0.2) is 42.5 Å². The van der Waals surface area contributed by atoms with Crippen molar-refractivity contribution in [2.45, 2.75) is 12.5 Å². The molecule has 0 saturated heterocycles. The van der Waals surface area contributed by atoms with Crippen LogP contribution in [0.1, 0.15) is 28.4 Å². The maximum Gasteiger partial charge on any atom is 0.170 e. The second-order valence-electron chi connectivity index (χ2n) is 4.65. The first-order chi connectivity index (χ1) is 9.67. The van der Waals surface area contributed by atoms with Gasteiger partial charge in [0.2, 0.25) is 0 Å². The van der Waals surface area contributed by atoms with Crippen molar-refractivity contribution >= 4 is 28.4 Å². The quantitative estimate of drug-likeness (QED) is 0.739. The molecular weight excluding hydrogens is 367 g/mol. The predicted molar refractivity (Wildman–Crippen MR) is 84.5 cm³/mol. The van der Waals surface area contributed by atoms with Gasteiger partial charge in [0.1, 0.15) is 17.6 Å². The van der Waals surface area contributed by atoms with Gasteiger partial charge in [0, 0.05) is 3.57 Å². The first-order valence-electron chi connectivity index (χ1n) is 6.31. The summed E-state index contributed by atoms with van der Waals surface area (Å²) in [5, 5.41) is 0. The second kappa shape index (κ2) is 5.44. The molecule has 0 aliphatic carbocycles. The molecule has 1 atom stereocenters. The fourth-order valence-corrected chi connectivity index (χ4v) is 2.76. The van der Waals surface area contributed by atoms with Crippen LogP contribution in [0.2, 0.25) is 0 Å². The summed E-state index contributed by atoms with van der Waals surface area (Å²) < 4.78 is 12.2. The highest BCUT2D eigenvalue weighted by molar-refractivity contribution is 14.1. The number of methoxy groups -OCH3 is 1. The van der Waals surface area contributed by atoms with Gasteiger partial charge in [-0.25, -0.2) is 0 Å². The fraction of sp³-hybridized carbons (Fsp3) is 0.188. The zero-order valence-corrected chi connectivity index (χ0v) is 13.1. The summed E-state index contributed by atoms with van der Waals surface area (Å²) in [5.74, 6) is 1.60. The molecule has 0 N–H and O–H groups in total. The summed E-state index contributed by atoms with van der Waals surface area (Å²) in [6.07, 6.45) is 0.152. The van der Waals surface area contributed by atoms with Gasteiger partial charge >= 0.3 is 0 Å². The number of carbonyl (C=O) groups excluding carboxylic acids is 1. The maximum atomic E-state index is 12.2. The van der Waals surface area contributed by atoms with E-state index in [1.807, 2.05) is 42.5 Å². The average Bonchev–Trinajstić information content (AvgIpc) is 2.46. The van der Waals surface area contributed by atoms with Gasteiger partial charge in [-0.3, -0.25) is 4.79 Å². The van der Waals surface area contributed by atoms with E-state index in [1.165, 1.54) is 0 Å². The van der Waals surface area contributed by atoms with Crippen LogP contribution in [-0.2, 0) is 0 Å². The molecule has 0 spiro atoms. The number of fused-ring (bicyclic) bond motifs is 1. The first-order valence-corrected chi connectivity index (χ1v) is 7.38. The predicted octanol–water partition coefficient (Wildman–Crippen LogP) is 4.01. The van der Waals surface area contributed by atoms with Gasteiger partial charge in [-0.05, 0) is 58.5 Å². The summed E-state index contributed by atoms with van der Waals surface area (Å²) in [6, 6.07) is 13.3. The van der Waals surface area contributed by atoms with Crippen LogP contribution in [-0.4, -0.2) is 12.9 Å². The van der Waals surface area contributed by atoms with Crippen LogP contribution in [0.3, 0.4) is 0 Å². The monoisotopic (exact) mass is 380 g/mol. The standard InChI is InChI=1S/C16H13IO3/c1-19-12-5-2-10(3-6-12)15-9-14(18)13-7-4-11(17)8-16(13)20-15/h2-8,15H,9H2,1H3/t15-/m1/s1. The smallest absolute Gasteiger partial charge is 0.170 e. The molecule has 2 aromatic rings.